The van der Waals surface area contributed by atoms with Gasteiger partial charge in [-0.3, -0.25) is 14.5 Å². The molecule has 1 aromatic carbocycles. The van der Waals surface area contributed by atoms with Crippen molar-refractivity contribution >= 4 is 29.6 Å². The molecule has 0 bridgehead atoms. The Morgan fingerprint density at radius 3 is 1.82 bits per heavy atom. The number of benzene rings is 1. The number of amides is 2. The zero-order valence-corrected chi connectivity index (χ0v) is 13.6. The first-order chi connectivity index (χ1) is 10.1. The summed E-state index contributed by atoms with van der Waals surface area (Å²) in [6.45, 7) is 3.01. The monoisotopic (exact) mass is 345 g/mol. The van der Waals surface area contributed by atoms with Crippen molar-refractivity contribution < 1.29 is 26.4 Å². The fraction of sp³-hybridized carbons (Fsp3) is 0.385. The first kappa shape index (κ1) is 16.6. The SMILES string of the molecule is CC1C(=O)N(CS(=O)(=O)S(=O)(=O)c2ccccc2)C(=O)C1C. The second-order valence-electron chi connectivity index (χ2n) is 5.14. The molecule has 9 heteroatoms. The lowest BCUT2D eigenvalue weighted by Crippen LogP contribution is -2.38. The van der Waals surface area contributed by atoms with Crippen LogP contribution in [0.1, 0.15) is 13.8 Å². The highest BCUT2D eigenvalue weighted by Gasteiger charge is 2.46. The van der Waals surface area contributed by atoms with E-state index in [2.05, 4.69) is 0 Å². The van der Waals surface area contributed by atoms with Gasteiger partial charge in [0.15, 0.2) is 0 Å². The van der Waals surface area contributed by atoms with Gasteiger partial charge in [0.2, 0.25) is 11.8 Å². The summed E-state index contributed by atoms with van der Waals surface area (Å²) in [6, 6.07) is 6.61. The van der Waals surface area contributed by atoms with Gasteiger partial charge in [0, 0.05) is 11.8 Å². The van der Waals surface area contributed by atoms with Gasteiger partial charge in [-0.05, 0) is 12.1 Å². The number of carbonyl (C=O) groups is 2. The Kier molecular flexibility index (Phi) is 4.14. The van der Waals surface area contributed by atoms with Crippen LogP contribution in [0.15, 0.2) is 35.2 Å². The summed E-state index contributed by atoms with van der Waals surface area (Å²) in [7, 11) is -9.43. The molecule has 0 radical (unpaired) electrons. The van der Waals surface area contributed by atoms with Gasteiger partial charge in [-0.15, -0.1) is 0 Å². The molecule has 1 fully saturated rings. The average molecular weight is 345 g/mol. The van der Waals surface area contributed by atoms with Crippen molar-refractivity contribution in [1.82, 2.24) is 4.90 Å². The maximum atomic E-state index is 12.2. The molecule has 2 amide bonds. The van der Waals surface area contributed by atoms with Crippen molar-refractivity contribution in [3.8, 4) is 0 Å². The molecule has 0 saturated carbocycles. The molecule has 0 spiro atoms. The predicted molar refractivity (Wildman–Crippen MR) is 77.6 cm³/mol. The number of hydrogen-bond acceptors (Lipinski definition) is 6. The largest absolute Gasteiger partial charge is 0.283 e. The molecular formula is C13H15NO6S2. The highest BCUT2D eigenvalue weighted by Crippen LogP contribution is 2.27. The molecule has 22 heavy (non-hydrogen) atoms. The summed E-state index contributed by atoms with van der Waals surface area (Å²) in [5, 5.41) is 0. The van der Waals surface area contributed by atoms with Crippen LogP contribution in [0.2, 0.25) is 0 Å². The number of nitrogens with zero attached hydrogens (tertiary/aromatic N) is 1. The Morgan fingerprint density at radius 1 is 0.909 bits per heavy atom. The van der Waals surface area contributed by atoms with E-state index in [9.17, 15) is 26.4 Å². The maximum absolute atomic E-state index is 12.2. The second-order valence-corrected chi connectivity index (χ2v) is 10.7. The van der Waals surface area contributed by atoms with E-state index >= 15 is 0 Å². The van der Waals surface area contributed by atoms with E-state index in [1.54, 1.807) is 6.07 Å². The molecule has 0 aromatic heterocycles. The zero-order chi connectivity index (χ0) is 16.7. The van der Waals surface area contributed by atoms with Gasteiger partial charge < -0.3 is 0 Å². The van der Waals surface area contributed by atoms with Crippen LogP contribution >= 0.6 is 0 Å². The number of carbonyl (C=O) groups excluding carboxylic acids is 2. The zero-order valence-electron chi connectivity index (χ0n) is 12.0. The van der Waals surface area contributed by atoms with Gasteiger partial charge in [0.25, 0.3) is 17.7 Å². The van der Waals surface area contributed by atoms with Gasteiger partial charge in [0.05, 0.1) is 4.90 Å². The molecule has 2 rings (SSSR count). The Bertz CT molecular complexity index is 793. The fourth-order valence-electron chi connectivity index (χ4n) is 2.12. The topological polar surface area (TPSA) is 106 Å². The molecule has 1 aromatic rings. The lowest BCUT2D eigenvalue weighted by molar-refractivity contribution is -0.138. The molecule has 2 unspecified atom stereocenters. The molecule has 1 aliphatic rings. The minimum absolute atomic E-state index is 0.393. The average Bonchev–Trinajstić information content (AvgIpc) is 2.65. The van der Waals surface area contributed by atoms with Gasteiger partial charge in [-0.1, -0.05) is 32.0 Å². The standard InChI is InChI=1S/C13H15NO6S2/c1-9-10(2)13(16)14(12(9)15)8-21(17,18)22(19,20)11-6-4-3-5-7-11/h3-7,9-10H,8H2,1-2H3. The molecule has 1 heterocycles. The third kappa shape index (κ3) is 2.54. The lowest BCUT2D eigenvalue weighted by Gasteiger charge is -2.14. The van der Waals surface area contributed by atoms with Gasteiger partial charge in [-0.2, -0.15) is 0 Å². The number of imide groups is 1. The first-order valence-corrected chi connectivity index (χ1v) is 10.1. The molecule has 1 saturated heterocycles. The third-order valence-corrected chi connectivity index (χ3v) is 8.71. The Labute approximate surface area is 128 Å². The van der Waals surface area contributed by atoms with Gasteiger partial charge >= 0.3 is 0 Å². The highest BCUT2D eigenvalue weighted by atomic mass is 33.2. The fourth-order valence-corrected chi connectivity index (χ4v) is 5.56. The van der Waals surface area contributed by atoms with Crippen LogP contribution in [0.5, 0.6) is 0 Å². The first-order valence-electron chi connectivity index (χ1n) is 6.47. The Hall–Kier alpha value is -1.74. The molecule has 0 aliphatic carbocycles. The van der Waals surface area contributed by atoms with Crippen molar-refractivity contribution in [2.24, 2.45) is 11.8 Å². The van der Waals surface area contributed by atoms with E-state index in [0.717, 1.165) is 12.1 Å². The third-order valence-electron chi connectivity index (χ3n) is 3.71. The molecule has 1 aliphatic heterocycles. The van der Waals surface area contributed by atoms with E-state index in [1.165, 1.54) is 26.0 Å². The van der Waals surface area contributed by atoms with Crippen LogP contribution in [-0.2, 0) is 27.3 Å². The van der Waals surface area contributed by atoms with Crippen LogP contribution in [-0.4, -0.2) is 39.4 Å². The minimum Gasteiger partial charge on any atom is -0.274 e. The minimum atomic E-state index is -4.75. The normalized spacial score (nSPS) is 23.1. The summed E-state index contributed by atoms with van der Waals surface area (Å²) in [4.78, 5) is 23.9. The van der Waals surface area contributed by atoms with Crippen molar-refractivity contribution in [3.63, 3.8) is 0 Å². The van der Waals surface area contributed by atoms with E-state index in [0.29, 0.717) is 4.90 Å². The summed E-state index contributed by atoms with van der Waals surface area (Å²) >= 11 is 0. The summed E-state index contributed by atoms with van der Waals surface area (Å²) in [5.41, 5.74) is 0. The Morgan fingerprint density at radius 2 is 1.36 bits per heavy atom. The molecule has 0 N–H and O–H groups in total. The molecule has 7 nitrogen and oxygen atoms in total. The highest BCUT2D eigenvalue weighted by molar-refractivity contribution is 8.67. The second kappa shape index (κ2) is 5.47. The van der Waals surface area contributed by atoms with Crippen molar-refractivity contribution in [1.29, 1.82) is 0 Å². The number of likely N-dealkylation sites (tertiary alicyclic amines) is 1. The van der Waals surface area contributed by atoms with Crippen LogP contribution in [0.4, 0.5) is 0 Å². The van der Waals surface area contributed by atoms with E-state index in [-0.39, 0.29) is 0 Å². The van der Waals surface area contributed by atoms with E-state index in [4.69, 9.17) is 0 Å². The lowest BCUT2D eigenvalue weighted by atomic mass is 10.00. The smallest absolute Gasteiger partial charge is 0.274 e. The van der Waals surface area contributed by atoms with Gasteiger partial charge in [0.1, 0.15) is 5.88 Å². The van der Waals surface area contributed by atoms with Crippen molar-refractivity contribution in [3.05, 3.63) is 30.3 Å². The van der Waals surface area contributed by atoms with E-state index in [1.807, 2.05) is 0 Å². The van der Waals surface area contributed by atoms with E-state index < -0.39 is 52.2 Å². The van der Waals surface area contributed by atoms with Crippen molar-refractivity contribution in [2.45, 2.75) is 18.7 Å². The quantitative estimate of drug-likeness (QED) is 0.577. The molecule has 120 valence electrons. The van der Waals surface area contributed by atoms with Crippen molar-refractivity contribution in [2.75, 3.05) is 5.88 Å². The predicted octanol–water partition coefficient (Wildman–Crippen LogP) is 0.389. The Balaban J connectivity index is 2.37. The van der Waals surface area contributed by atoms with Crippen LogP contribution < -0.4 is 0 Å². The van der Waals surface area contributed by atoms with Crippen LogP contribution in [0.25, 0.3) is 0 Å². The van der Waals surface area contributed by atoms with Crippen LogP contribution in [0.3, 0.4) is 0 Å². The van der Waals surface area contributed by atoms with Crippen LogP contribution in [0, 0.1) is 11.8 Å². The number of rotatable bonds is 4. The maximum Gasteiger partial charge on any atom is 0.283 e. The summed E-state index contributed by atoms with van der Waals surface area (Å²) < 4.78 is 48.7. The summed E-state index contributed by atoms with van der Waals surface area (Å²) in [5.74, 6) is -3.84. The molecule has 2 atom stereocenters. The van der Waals surface area contributed by atoms with Gasteiger partial charge in [-0.25, -0.2) is 16.8 Å². The molecular weight excluding hydrogens is 330 g/mol. The number of hydrogen-bond donors (Lipinski definition) is 0. The summed E-state index contributed by atoms with van der Waals surface area (Å²) in [6.07, 6.45) is 0.